The average Bonchev–Trinajstić information content (AvgIpc) is 3.76. The van der Waals surface area contributed by atoms with Crippen LogP contribution in [0.3, 0.4) is 0 Å². The summed E-state index contributed by atoms with van der Waals surface area (Å²) < 4.78 is 5.22. The summed E-state index contributed by atoms with van der Waals surface area (Å²) in [6.07, 6.45) is 8.17. The van der Waals surface area contributed by atoms with Crippen LogP contribution in [0.4, 0.5) is 4.79 Å². The minimum Gasteiger partial charge on any atom is -0.444 e. The monoisotopic (exact) mass is 660 g/mol. The molecule has 0 unspecified atom stereocenters. The highest BCUT2D eigenvalue weighted by Crippen LogP contribution is 2.16. The van der Waals surface area contributed by atoms with Crippen LogP contribution in [0, 0.1) is 0 Å². The first kappa shape index (κ1) is 34.4. The Bertz CT molecular complexity index is 1870. The molecule has 2 aromatic carbocycles. The number of pyridine rings is 2. The Balaban J connectivity index is 0.000000199. The maximum atomic E-state index is 11.7. The van der Waals surface area contributed by atoms with Gasteiger partial charge in [-0.1, -0.05) is 48.5 Å². The first-order chi connectivity index (χ1) is 23.7. The van der Waals surface area contributed by atoms with Gasteiger partial charge in [-0.2, -0.15) is 9.59 Å². The summed E-state index contributed by atoms with van der Waals surface area (Å²) in [4.78, 5) is 22.8. The predicted molar refractivity (Wildman–Crippen MR) is 184 cm³/mol. The molecule has 0 bridgehead atoms. The van der Waals surface area contributed by atoms with E-state index in [2.05, 4.69) is 46.1 Å². The lowest BCUT2D eigenvalue weighted by atomic mass is 10.1. The highest BCUT2D eigenvalue weighted by atomic mass is 16.6. The number of ether oxygens (including phenoxy) is 1. The Morgan fingerprint density at radius 3 is 1.55 bits per heavy atom. The number of benzene rings is 2. The fraction of sp³-hybridized carbons (Fsp3) is 0.286. The van der Waals surface area contributed by atoms with Crippen molar-refractivity contribution in [3.63, 3.8) is 0 Å². The molecular formula is C35H40N12O2. The van der Waals surface area contributed by atoms with E-state index in [9.17, 15) is 4.79 Å². The SMILES string of the molecule is CC(C)(C)OC(=O)NCCc1ccc(-c2nnn(Cc3ccncc3)n2)cc1.NCCc1ccc(-c2nnn(Cc3ccncc3)n2)cc1. The third kappa shape index (κ3) is 11.1. The molecule has 0 radical (unpaired) electrons. The van der Waals surface area contributed by atoms with Crippen molar-refractivity contribution in [1.29, 1.82) is 0 Å². The number of amides is 1. The topological polar surface area (TPSA) is 177 Å². The van der Waals surface area contributed by atoms with E-state index in [1.807, 2.05) is 93.6 Å². The van der Waals surface area contributed by atoms with E-state index in [1.165, 1.54) is 5.56 Å². The molecule has 3 N–H and O–H groups in total. The molecule has 14 heteroatoms. The van der Waals surface area contributed by atoms with Gasteiger partial charge in [0.1, 0.15) is 5.60 Å². The van der Waals surface area contributed by atoms with Gasteiger partial charge in [-0.15, -0.1) is 20.4 Å². The molecule has 14 nitrogen and oxygen atoms in total. The predicted octanol–water partition coefficient (Wildman–Crippen LogP) is 4.14. The van der Waals surface area contributed by atoms with Crippen molar-refractivity contribution in [3.8, 4) is 22.8 Å². The van der Waals surface area contributed by atoms with Crippen LogP contribution < -0.4 is 11.1 Å². The van der Waals surface area contributed by atoms with Gasteiger partial charge in [0.25, 0.3) is 0 Å². The molecule has 6 rings (SSSR count). The lowest BCUT2D eigenvalue weighted by molar-refractivity contribution is 0.0528. The molecule has 0 saturated carbocycles. The number of aromatic nitrogens is 10. The lowest BCUT2D eigenvalue weighted by Crippen LogP contribution is -2.33. The number of nitrogens with two attached hydrogens (primary N) is 1. The lowest BCUT2D eigenvalue weighted by Gasteiger charge is -2.19. The maximum absolute atomic E-state index is 11.7. The number of nitrogens with one attached hydrogen (secondary N) is 1. The van der Waals surface area contributed by atoms with Crippen LogP contribution in [0.2, 0.25) is 0 Å². The molecule has 4 heterocycles. The van der Waals surface area contributed by atoms with Crippen molar-refractivity contribution in [2.45, 2.75) is 52.3 Å². The van der Waals surface area contributed by atoms with Gasteiger partial charge in [-0.05, 0) is 97.1 Å². The first-order valence-corrected chi connectivity index (χ1v) is 15.9. The van der Waals surface area contributed by atoms with Crippen LogP contribution in [0.1, 0.15) is 43.0 Å². The van der Waals surface area contributed by atoms with Crippen LogP contribution in [-0.2, 0) is 30.7 Å². The maximum Gasteiger partial charge on any atom is 0.407 e. The van der Waals surface area contributed by atoms with Crippen LogP contribution >= 0.6 is 0 Å². The van der Waals surface area contributed by atoms with E-state index in [0.29, 0.717) is 44.2 Å². The van der Waals surface area contributed by atoms with E-state index in [0.717, 1.165) is 34.2 Å². The van der Waals surface area contributed by atoms with Gasteiger partial charge < -0.3 is 15.8 Å². The Morgan fingerprint density at radius 1 is 0.673 bits per heavy atom. The molecule has 49 heavy (non-hydrogen) atoms. The number of rotatable bonds is 11. The van der Waals surface area contributed by atoms with Gasteiger partial charge in [-0.3, -0.25) is 9.97 Å². The zero-order valence-electron chi connectivity index (χ0n) is 27.8. The Morgan fingerprint density at radius 2 is 1.12 bits per heavy atom. The zero-order chi connectivity index (χ0) is 34.5. The fourth-order valence-corrected chi connectivity index (χ4v) is 4.59. The van der Waals surface area contributed by atoms with E-state index >= 15 is 0 Å². The van der Waals surface area contributed by atoms with Crippen molar-refractivity contribution in [2.24, 2.45) is 5.73 Å². The van der Waals surface area contributed by atoms with Crippen LogP contribution in [-0.4, -0.2) is 75.2 Å². The Hall–Kier alpha value is -5.89. The summed E-state index contributed by atoms with van der Waals surface area (Å²) in [6.45, 7) is 7.81. The molecular weight excluding hydrogens is 620 g/mol. The van der Waals surface area contributed by atoms with Gasteiger partial charge in [0, 0.05) is 42.5 Å². The van der Waals surface area contributed by atoms with Crippen molar-refractivity contribution >= 4 is 6.09 Å². The number of hydrogen-bond donors (Lipinski definition) is 2. The smallest absolute Gasteiger partial charge is 0.407 e. The van der Waals surface area contributed by atoms with Gasteiger partial charge >= 0.3 is 6.09 Å². The third-order valence-electron chi connectivity index (χ3n) is 6.99. The van der Waals surface area contributed by atoms with Gasteiger partial charge in [0.2, 0.25) is 11.6 Å². The number of hydrogen-bond acceptors (Lipinski definition) is 11. The van der Waals surface area contributed by atoms with E-state index in [4.69, 9.17) is 10.5 Å². The van der Waals surface area contributed by atoms with Crippen molar-refractivity contribution < 1.29 is 9.53 Å². The number of carbonyl (C=O) groups excluding carboxylic acids is 1. The minimum atomic E-state index is -0.492. The quantitative estimate of drug-likeness (QED) is 0.204. The highest BCUT2D eigenvalue weighted by Gasteiger charge is 2.15. The third-order valence-corrected chi connectivity index (χ3v) is 6.99. The zero-order valence-corrected chi connectivity index (χ0v) is 27.8. The summed E-state index contributed by atoms with van der Waals surface area (Å²) in [5.41, 5.74) is 11.4. The van der Waals surface area contributed by atoms with Gasteiger partial charge in [0.05, 0.1) is 13.1 Å². The minimum absolute atomic E-state index is 0.404. The van der Waals surface area contributed by atoms with Crippen molar-refractivity contribution in [1.82, 2.24) is 55.7 Å². The normalized spacial score (nSPS) is 11.0. The van der Waals surface area contributed by atoms with Gasteiger partial charge in [0.15, 0.2) is 0 Å². The second-order valence-corrected chi connectivity index (χ2v) is 12.1. The fourth-order valence-electron chi connectivity index (χ4n) is 4.59. The summed E-state index contributed by atoms with van der Waals surface area (Å²) in [7, 11) is 0. The van der Waals surface area contributed by atoms with E-state index < -0.39 is 11.7 Å². The number of nitrogens with zero attached hydrogens (tertiary/aromatic N) is 10. The highest BCUT2D eigenvalue weighted by molar-refractivity contribution is 5.67. The van der Waals surface area contributed by atoms with Crippen molar-refractivity contribution in [2.75, 3.05) is 13.1 Å². The number of carbonyl (C=O) groups is 1. The average molecular weight is 661 g/mol. The van der Waals surface area contributed by atoms with Crippen molar-refractivity contribution in [3.05, 3.63) is 120 Å². The van der Waals surface area contributed by atoms with E-state index in [-0.39, 0.29) is 0 Å². The van der Waals surface area contributed by atoms with Crippen LogP contribution in [0.25, 0.3) is 22.8 Å². The standard InChI is InChI=1S/C20H24N6O2.C15H16N6/c1-20(2,3)28-19(27)22-13-10-15-4-6-17(7-5-15)18-23-25-26(24-18)14-16-8-11-21-12-9-16;16-8-5-12-1-3-14(4-2-12)15-18-20-21(19-15)11-13-6-9-17-10-7-13/h4-9,11-12H,10,13-14H2,1-3H3,(H,22,27);1-4,6-7,9-10H,5,8,11,16H2. The molecule has 1 amide bonds. The second-order valence-electron chi connectivity index (χ2n) is 12.1. The second kappa shape index (κ2) is 16.8. The molecule has 0 atom stereocenters. The molecule has 0 fully saturated rings. The van der Waals surface area contributed by atoms with Gasteiger partial charge in [-0.25, -0.2) is 4.79 Å². The molecule has 0 spiro atoms. The largest absolute Gasteiger partial charge is 0.444 e. The summed E-state index contributed by atoms with van der Waals surface area (Å²) in [6, 6.07) is 23.7. The molecule has 0 aliphatic heterocycles. The van der Waals surface area contributed by atoms with Crippen LogP contribution in [0.15, 0.2) is 97.6 Å². The first-order valence-electron chi connectivity index (χ1n) is 15.9. The molecule has 0 aliphatic rings. The molecule has 6 aromatic rings. The Kier molecular flexibility index (Phi) is 11.8. The molecule has 252 valence electrons. The number of alkyl carbamates (subject to hydrolysis) is 1. The van der Waals surface area contributed by atoms with Crippen LogP contribution in [0.5, 0.6) is 0 Å². The Labute approximate surface area is 284 Å². The molecule has 0 saturated heterocycles. The van der Waals surface area contributed by atoms with E-state index in [1.54, 1.807) is 34.4 Å². The molecule has 0 aliphatic carbocycles. The summed E-state index contributed by atoms with van der Waals surface area (Å²) in [5.74, 6) is 1.20. The number of tetrazole rings is 2. The summed E-state index contributed by atoms with van der Waals surface area (Å²) >= 11 is 0. The molecule has 4 aromatic heterocycles. The summed E-state index contributed by atoms with van der Waals surface area (Å²) in [5, 5.41) is 28.0.